The van der Waals surface area contributed by atoms with Crippen molar-refractivity contribution in [1.29, 1.82) is 5.26 Å². The molecule has 1 aliphatic heterocycles. The van der Waals surface area contributed by atoms with Crippen LogP contribution in [0.2, 0.25) is 0 Å². The molecule has 2 rings (SSSR count). The second kappa shape index (κ2) is 2.67. The van der Waals surface area contributed by atoms with Crippen molar-refractivity contribution in [2.45, 2.75) is 12.8 Å². The predicted octanol–water partition coefficient (Wildman–Crippen LogP) is -0.161. The Labute approximate surface area is 71.7 Å². The lowest BCUT2D eigenvalue weighted by Crippen LogP contribution is -2.37. The Hall–Kier alpha value is -1.24. The molecule has 1 aliphatic carbocycles. The van der Waals surface area contributed by atoms with Crippen LogP contribution in [0, 0.1) is 16.7 Å². The fourth-order valence-electron chi connectivity index (χ4n) is 1.25. The Kier molecular flexibility index (Phi) is 1.65. The fourth-order valence-corrected chi connectivity index (χ4v) is 1.25. The number of hydrogen-bond acceptors (Lipinski definition) is 4. The third kappa shape index (κ3) is 1.35. The fraction of sp³-hybridized carbons (Fsp3) is 0.750. The summed E-state index contributed by atoms with van der Waals surface area (Å²) < 4.78 is 0. The zero-order valence-corrected chi connectivity index (χ0v) is 6.93. The highest BCUT2D eigenvalue weighted by Gasteiger charge is 2.43. The predicted molar refractivity (Wildman–Crippen MR) is 45.6 cm³/mol. The molecule has 0 aromatic carbocycles. The van der Waals surface area contributed by atoms with E-state index in [0.29, 0.717) is 0 Å². The Morgan fingerprint density at radius 1 is 1.67 bits per heavy atom. The number of aliphatic imine (C=N–C) groups is 1. The van der Waals surface area contributed by atoms with Gasteiger partial charge < -0.3 is 10.6 Å². The van der Waals surface area contributed by atoms with Gasteiger partial charge in [-0.15, -0.1) is 0 Å². The molecule has 4 heteroatoms. The molecule has 64 valence electrons. The van der Waals surface area contributed by atoms with Crippen LogP contribution in [0.1, 0.15) is 12.8 Å². The van der Waals surface area contributed by atoms with E-state index >= 15 is 0 Å². The molecule has 0 saturated heterocycles. The van der Waals surface area contributed by atoms with Gasteiger partial charge in [0.15, 0.2) is 5.96 Å². The van der Waals surface area contributed by atoms with Crippen molar-refractivity contribution in [3.63, 3.8) is 0 Å². The van der Waals surface area contributed by atoms with Gasteiger partial charge in [-0.3, -0.25) is 4.99 Å². The van der Waals surface area contributed by atoms with Crippen LogP contribution in [0.5, 0.6) is 0 Å². The summed E-state index contributed by atoms with van der Waals surface area (Å²) >= 11 is 0. The summed E-state index contributed by atoms with van der Waals surface area (Å²) in [6, 6.07) is 2.33. The van der Waals surface area contributed by atoms with Crippen molar-refractivity contribution in [1.82, 2.24) is 10.6 Å². The lowest BCUT2D eigenvalue weighted by molar-refractivity contribution is 0.632. The van der Waals surface area contributed by atoms with Crippen LogP contribution in [0.25, 0.3) is 0 Å². The van der Waals surface area contributed by atoms with Crippen LogP contribution < -0.4 is 10.6 Å². The van der Waals surface area contributed by atoms with E-state index in [4.69, 9.17) is 5.26 Å². The maximum atomic E-state index is 8.78. The van der Waals surface area contributed by atoms with E-state index in [9.17, 15) is 0 Å². The number of nitrogens with zero attached hydrogens (tertiary/aromatic N) is 2. The Morgan fingerprint density at radius 3 is 3.00 bits per heavy atom. The van der Waals surface area contributed by atoms with Gasteiger partial charge in [0.05, 0.1) is 18.0 Å². The monoisotopic (exact) mass is 164 g/mol. The van der Waals surface area contributed by atoms with Gasteiger partial charge in [-0.2, -0.15) is 5.26 Å². The Balaban J connectivity index is 1.79. The average Bonchev–Trinajstić information content (AvgIpc) is 2.70. The Morgan fingerprint density at radius 2 is 2.50 bits per heavy atom. The van der Waals surface area contributed by atoms with Crippen LogP contribution in [0.3, 0.4) is 0 Å². The minimum atomic E-state index is -0.0766. The quantitative estimate of drug-likeness (QED) is 0.596. The van der Waals surface area contributed by atoms with Crippen molar-refractivity contribution in [3.05, 3.63) is 0 Å². The number of rotatable bonds is 2. The highest BCUT2D eigenvalue weighted by molar-refractivity contribution is 5.81. The SMILES string of the molecule is N#CC1(CNC2=NCCN2)CC1. The van der Waals surface area contributed by atoms with E-state index in [1.807, 2.05) is 0 Å². The lowest BCUT2D eigenvalue weighted by Gasteiger charge is -2.08. The molecule has 1 heterocycles. The first-order valence-electron chi connectivity index (χ1n) is 4.28. The van der Waals surface area contributed by atoms with Crippen molar-refractivity contribution in [3.8, 4) is 6.07 Å². The molecule has 0 amide bonds. The molecule has 2 N–H and O–H groups in total. The molecular weight excluding hydrogens is 152 g/mol. The number of nitriles is 1. The van der Waals surface area contributed by atoms with Gasteiger partial charge in [-0.05, 0) is 12.8 Å². The van der Waals surface area contributed by atoms with Crippen LogP contribution in [-0.4, -0.2) is 25.6 Å². The minimum Gasteiger partial charge on any atom is -0.355 e. The molecule has 1 fully saturated rings. The third-order valence-corrected chi connectivity index (χ3v) is 2.36. The molecule has 12 heavy (non-hydrogen) atoms. The third-order valence-electron chi connectivity index (χ3n) is 2.36. The molecule has 1 saturated carbocycles. The standard InChI is InChI=1S/C8H12N4/c9-5-8(1-2-8)6-12-7-10-3-4-11-7/h1-4,6H2,(H2,10,11,12). The van der Waals surface area contributed by atoms with E-state index in [-0.39, 0.29) is 5.41 Å². The molecule has 4 nitrogen and oxygen atoms in total. The molecule has 0 aromatic heterocycles. The summed E-state index contributed by atoms with van der Waals surface area (Å²) in [5.41, 5.74) is -0.0766. The van der Waals surface area contributed by atoms with E-state index in [0.717, 1.165) is 38.4 Å². The summed E-state index contributed by atoms with van der Waals surface area (Å²) in [4.78, 5) is 4.19. The molecule has 0 aromatic rings. The van der Waals surface area contributed by atoms with Crippen molar-refractivity contribution < 1.29 is 0 Å². The van der Waals surface area contributed by atoms with Gasteiger partial charge in [0.2, 0.25) is 0 Å². The van der Waals surface area contributed by atoms with Gasteiger partial charge in [0.1, 0.15) is 0 Å². The van der Waals surface area contributed by atoms with Crippen molar-refractivity contribution >= 4 is 5.96 Å². The summed E-state index contributed by atoms with van der Waals surface area (Å²) in [6.07, 6.45) is 2.06. The molecular formula is C8H12N4. The Bertz CT molecular complexity index is 246. The number of hydrogen-bond donors (Lipinski definition) is 2. The number of nitrogens with one attached hydrogen (secondary N) is 2. The molecule has 0 spiro atoms. The van der Waals surface area contributed by atoms with E-state index < -0.39 is 0 Å². The highest BCUT2D eigenvalue weighted by Crippen LogP contribution is 2.43. The smallest absolute Gasteiger partial charge is 0.191 e. The van der Waals surface area contributed by atoms with Crippen LogP contribution >= 0.6 is 0 Å². The van der Waals surface area contributed by atoms with E-state index in [1.165, 1.54) is 0 Å². The highest BCUT2D eigenvalue weighted by atomic mass is 15.2. The van der Waals surface area contributed by atoms with Gasteiger partial charge in [0, 0.05) is 13.1 Å². The molecule has 0 unspecified atom stereocenters. The van der Waals surface area contributed by atoms with Crippen LogP contribution in [-0.2, 0) is 0 Å². The summed E-state index contributed by atoms with van der Waals surface area (Å²) in [6.45, 7) is 2.51. The molecule has 0 bridgehead atoms. The van der Waals surface area contributed by atoms with Gasteiger partial charge in [-0.1, -0.05) is 0 Å². The zero-order chi connectivity index (χ0) is 8.44. The first kappa shape index (κ1) is 7.41. The number of guanidine groups is 1. The zero-order valence-electron chi connectivity index (χ0n) is 6.93. The molecule has 0 radical (unpaired) electrons. The lowest BCUT2D eigenvalue weighted by atomic mass is 10.1. The van der Waals surface area contributed by atoms with Gasteiger partial charge in [-0.25, -0.2) is 0 Å². The summed E-state index contributed by atoms with van der Waals surface area (Å²) in [5.74, 6) is 0.858. The summed E-state index contributed by atoms with van der Waals surface area (Å²) in [7, 11) is 0. The van der Waals surface area contributed by atoms with E-state index in [1.54, 1.807) is 0 Å². The first-order chi connectivity index (χ1) is 5.85. The molecule has 2 aliphatic rings. The van der Waals surface area contributed by atoms with Crippen molar-refractivity contribution in [2.24, 2.45) is 10.4 Å². The minimum absolute atomic E-state index is 0.0766. The van der Waals surface area contributed by atoms with Crippen LogP contribution in [0.4, 0.5) is 0 Å². The van der Waals surface area contributed by atoms with Gasteiger partial charge >= 0.3 is 0 Å². The normalized spacial score (nSPS) is 23.8. The first-order valence-corrected chi connectivity index (χ1v) is 4.28. The molecule has 0 atom stereocenters. The maximum absolute atomic E-state index is 8.78. The van der Waals surface area contributed by atoms with E-state index in [2.05, 4.69) is 21.7 Å². The van der Waals surface area contributed by atoms with Crippen molar-refractivity contribution in [2.75, 3.05) is 19.6 Å². The average molecular weight is 164 g/mol. The topological polar surface area (TPSA) is 60.2 Å². The summed E-state index contributed by atoms with van der Waals surface area (Å²) in [5, 5.41) is 15.0. The van der Waals surface area contributed by atoms with Crippen LogP contribution in [0.15, 0.2) is 4.99 Å². The second-order valence-corrected chi connectivity index (χ2v) is 3.40. The largest absolute Gasteiger partial charge is 0.355 e. The second-order valence-electron chi connectivity index (χ2n) is 3.40. The maximum Gasteiger partial charge on any atom is 0.191 e. The van der Waals surface area contributed by atoms with Gasteiger partial charge in [0.25, 0.3) is 0 Å².